The van der Waals surface area contributed by atoms with Crippen LogP contribution in [0.2, 0.25) is 0 Å². The average Bonchev–Trinajstić information content (AvgIpc) is 2.25. The molecule has 0 saturated heterocycles. The van der Waals surface area contributed by atoms with Crippen LogP contribution in [0.25, 0.3) is 0 Å². The molecular formula is C11H18O5. The second-order valence-electron chi connectivity index (χ2n) is 3.34. The maximum absolute atomic E-state index is 10.8. The van der Waals surface area contributed by atoms with Crippen LogP contribution in [-0.2, 0) is 19.1 Å². The first-order valence-electron chi connectivity index (χ1n) is 5.06. The van der Waals surface area contributed by atoms with Gasteiger partial charge in [-0.3, -0.25) is 9.59 Å². The van der Waals surface area contributed by atoms with E-state index >= 15 is 0 Å². The highest BCUT2D eigenvalue weighted by atomic mass is 16.6. The van der Waals surface area contributed by atoms with Crippen LogP contribution in [0.15, 0.2) is 12.7 Å². The first-order chi connectivity index (χ1) is 7.51. The number of carbonyl (C=O) groups is 2. The van der Waals surface area contributed by atoms with Crippen molar-refractivity contribution in [3.63, 3.8) is 0 Å². The molecule has 0 aromatic carbocycles. The van der Waals surface area contributed by atoms with Crippen molar-refractivity contribution in [1.29, 1.82) is 0 Å². The molecule has 1 N–H and O–H groups in total. The molecule has 0 aliphatic rings. The van der Waals surface area contributed by atoms with Gasteiger partial charge >= 0.3 is 11.9 Å². The van der Waals surface area contributed by atoms with E-state index in [0.29, 0.717) is 12.8 Å². The molecule has 92 valence electrons. The second-order valence-corrected chi connectivity index (χ2v) is 3.34. The van der Waals surface area contributed by atoms with Crippen LogP contribution in [-0.4, -0.2) is 36.4 Å². The minimum absolute atomic E-state index is 0.234. The van der Waals surface area contributed by atoms with E-state index in [2.05, 4.69) is 11.3 Å². The van der Waals surface area contributed by atoms with Crippen molar-refractivity contribution in [2.24, 2.45) is 0 Å². The number of aliphatic hydroxyl groups is 1. The Morgan fingerprint density at radius 2 is 2.12 bits per heavy atom. The third kappa shape index (κ3) is 6.19. The highest BCUT2D eigenvalue weighted by molar-refractivity contribution is 5.69. The third-order valence-electron chi connectivity index (χ3n) is 2.04. The summed E-state index contributed by atoms with van der Waals surface area (Å²) in [6.07, 6.45) is 0.836. The van der Waals surface area contributed by atoms with Gasteiger partial charge in [0.2, 0.25) is 0 Å². The number of esters is 2. The molecule has 5 nitrogen and oxygen atoms in total. The molecule has 0 saturated carbocycles. The van der Waals surface area contributed by atoms with Gasteiger partial charge in [0.05, 0.1) is 7.11 Å². The van der Waals surface area contributed by atoms with Gasteiger partial charge in [-0.05, 0) is 12.8 Å². The van der Waals surface area contributed by atoms with Gasteiger partial charge in [0, 0.05) is 13.3 Å². The summed E-state index contributed by atoms with van der Waals surface area (Å²) in [6.45, 7) is 4.68. The van der Waals surface area contributed by atoms with Crippen LogP contribution in [0.3, 0.4) is 0 Å². The molecule has 2 unspecified atom stereocenters. The van der Waals surface area contributed by atoms with E-state index in [-0.39, 0.29) is 12.4 Å². The monoisotopic (exact) mass is 230 g/mol. The molecule has 0 spiro atoms. The summed E-state index contributed by atoms with van der Waals surface area (Å²) in [7, 11) is 1.31. The zero-order valence-corrected chi connectivity index (χ0v) is 9.64. The van der Waals surface area contributed by atoms with Crippen LogP contribution >= 0.6 is 0 Å². The molecular weight excluding hydrogens is 212 g/mol. The van der Waals surface area contributed by atoms with E-state index in [1.54, 1.807) is 0 Å². The van der Waals surface area contributed by atoms with Crippen LogP contribution in [0, 0.1) is 0 Å². The number of carbonyl (C=O) groups excluding carboxylic acids is 2. The summed E-state index contributed by atoms with van der Waals surface area (Å²) < 4.78 is 9.38. The summed E-state index contributed by atoms with van der Waals surface area (Å²) in [4.78, 5) is 21.6. The zero-order valence-electron chi connectivity index (χ0n) is 9.64. The van der Waals surface area contributed by atoms with Gasteiger partial charge in [-0.2, -0.15) is 0 Å². The summed E-state index contributed by atoms with van der Waals surface area (Å²) >= 11 is 0. The van der Waals surface area contributed by atoms with Crippen molar-refractivity contribution in [3.8, 4) is 0 Å². The largest absolute Gasteiger partial charge is 0.469 e. The molecule has 0 aromatic rings. The van der Waals surface area contributed by atoms with Gasteiger partial charge in [0.15, 0.2) is 0 Å². The quantitative estimate of drug-likeness (QED) is 0.517. The molecule has 0 aliphatic carbocycles. The topological polar surface area (TPSA) is 72.8 Å². The number of rotatable bonds is 7. The molecule has 0 radical (unpaired) electrons. The van der Waals surface area contributed by atoms with E-state index in [4.69, 9.17) is 4.74 Å². The highest BCUT2D eigenvalue weighted by Crippen LogP contribution is 2.11. The molecule has 0 heterocycles. The van der Waals surface area contributed by atoms with Gasteiger partial charge in [-0.15, -0.1) is 6.58 Å². The van der Waals surface area contributed by atoms with Crippen molar-refractivity contribution in [2.45, 2.75) is 38.4 Å². The Labute approximate surface area is 95.0 Å². The van der Waals surface area contributed by atoms with E-state index < -0.39 is 18.2 Å². The molecule has 0 rings (SSSR count). The van der Waals surface area contributed by atoms with E-state index in [1.165, 1.54) is 20.1 Å². The fourth-order valence-corrected chi connectivity index (χ4v) is 1.21. The summed E-state index contributed by atoms with van der Waals surface area (Å²) in [6, 6.07) is 0. The lowest BCUT2D eigenvalue weighted by Gasteiger charge is -2.19. The summed E-state index contributed by atoms with van der Waals surface area (Å²) in [5.74, 6) is -0.793. The van der Waals surface area contributed by atoms with Crippen molar-refractivity contribution in [3.05, 3.63) is 12.7 Å². The standard InChI is InChI=1S/C11H18O5/c1-4-9(13)10(16-8(2)12)6-5-7-11(14)15-3/h4,9-10,13H,1,5-7H2,2-3H3. The van der Waals surface area contributed by atoms with Crippen molar-refractivity contribution >= 4 is 11.9 Å². The number of hydrogen-bond donors (Lipinski definition) is 1. The number of aliphatic hydroxyl groups excluding tert-OH is 1. The van der Waals surface area contributed by atoms with E-state index in [9.17, 15) is 14.7 Å². The van der Waals surface area contributed by atoms with Gasteiger partial charge < -0.3 is 14.6 Å². The van der Waals surface area contributed by atoms with Crippen LogP contribution in [0.5, 0.6) is 0 Å². The van der Waals surface area contributed by atoms with Crippen LogP contribution in [0.4, 0.5) is 0 Å². The predicted molar refractivity (Wildman–Crippen MR) is 57.6 cm³/mol. The second kappa shape index (κ2) is 7.87. The fraction of sp³-hybridized carbons (Fsp3) is 0.636. The Hall–Kier alpha value is -1.36. The fourth-order valence-electron chi connectivity index (χ4n) is 1.21. The van der Waals surface area contributed by atoms with Crippen molar-refractivity contribution < 1.29 is 24.2 Å². The predicted octanol–water partition coefficient (Wildman–Crippen LogP) is 0.808. The minimum Gasteiger partial charge on any atom is -0.469 e. The molecule has 0 amide bonds. The van der Waals surface area contributed by atoms with Gasteiger partial charge in [0.1, 0.15) is 12.2 Å². The number of hydrogen-bond acceptors (Lipinski definition) is 5. The Morgan fingerprint density at radius 1 is 1.50 bits per heavy atom. The maximum Gasteiger partial charge on any atom is 0.305 e. The van der Waals surface area contributed by atoms with Gasteiger partial charge in [-0.1, -0.05) is 6.08 Å². The zero-order chi connectivity index (χ0) is 12.6. The van der Waals surface area contributed by atoms with Gasteiger partial charge in [-0.25, -0.2) is 0 Å². The lowest BCUT2D eigenvalue weighted by Crippen LogP contribution is -2.29. The van der Waals surface area contributed by atoms with Crippen LogP contribution in [0.1, 0.15) is 26.2 Å². The number of ether oxygens (including phenoxy) is 2. The van der Waals surface area contributed by atoms with Gasteiger partial charge in [0.25, 0.3) is 0 Å². The smallest absolute Gasteiger partial charge is 0.305 e. The molecule has 0 aliphatic heterocycles. The first kappa shape index (κ1) is 14.6. The molecule has 2 atom stereocenters. The third-order valence-corrected chi connectivity index (χ3v) is 2.04. The molecule has 0 aromatic heterocycles. The SMILES string of the molecule is C=CC(O)C(CCCC(=O)OC)OC(C)=O. The molecule has 0 fully saturated rings. The Bertz CT molecular complexity index is 249. The molecule has 0 bridgehead atoms. The normalized spacial score (nSPS) is 13.7. The van der Waals surface area contributed by atoms with E-state index in [1.807, 2.05) is 0 Å². The lowest BCUT2D eigenvalue weighted by atomic mass is 10.1. The Kier molecular flexibility index (Phi) is 7.20. The highest BCUT2D eigenvalue weighted by Gasteiger charge is 2.19. The van der Waals surface area contributed by atoms with Crippen molar-refractivity contribution in [2.75, 3.05) is 7.11 Å². The minimum atomic E-state index is -0.915. The van der Waals surface area contributed by atoms with Crippen molar-refractivity contribution in [1.82, 2.24) is 0 Å². The Morgan fingerprint density at radius 3 is 2.56 bits per heavy atom. The van der Waals surface area contributed by atoms with Crippen LogP contribution < -0.4 is 0 Å². The number of methoxy groups -OCH3 is 1. The summed E-state index contributed by atoms with van der Waals surface area (Å²) in [5.41, 5.74) is 0. The van der Waals surface area contributed by atoms with E-state index in [0.717, 1.165) is 0 Å². The Balaban J connectivity index is 4.06. The molecule has 16 heavy (non-hydrogen) atoms. The maximum atomic E-state index is 10.8. The molecule has 5 heteroatoms. The lowest BCUT2D eigenvalue weighted by molar-refractivity contribution is -0.151. The summed E-state index contributed by atoms with van der Waals surface area (Å²) in [5, 5.41) is 9.48. The average molecular weight is 230 g/mol. The first-order valence-corrected chi connectivity index (χ1v) is 5.06.